The maximum Gasteiger partial charge on any atom is 0.145 e. The van der Waals surface area contributed by atoms with Gasteiger partial charge >= 0.3 is 0 Å². The molecule has 0 saturated carbocycles. The van der Waals surface area contributed by atoms with Gasteiger partial charge in [-0.1, -0.05) is 148 Å². The van der Waals surface area contributed by atoms with Gasteiger partial charge in [0.05, 0.1) is 22.1 Å². The summed E-state index contributed by atoms with van der Waals surface area (Å²) in [4.78, 5) is 5.00. The van der Waals surface area contributed by atoms with Crippen molar-refractivity contribution in [3.05, 3.63) is 192 Å². The molecular formula is C62H52N2O2Si2. The van der Waals surface area contributed by atoms with E-state index < -0.39 is 16.1 Å². The number of aryl methyl sites for hydroxylation is 4. The highest BCUT2D eigenvalue weighted by Gasteiger charge is 2.47. The summed E-state index contributed by atoms with van der Waals surface area (Å²) in [6.45, 7) is 19.1. The molecule has 68 heavy (non-hydrogen) atoms. The van der Waals surface area contributed by atoms with Gasteiger partial charge in [0.25, 0.3) is 0 Å². The maximum atomic E-state index is 7.22. The SMILES string of the molecule is Cc1ccccc1N(c1ccccc1C)c1cc2c(c3oc4ccccc4c13)-c1cc3c(cc1[Si]2(C)C)-c1c(cc(N(c2ccccc2C)c2ccccc2C)c2c1oc1ccccc12)[Si]3(C)C. The minimum absolute atomic E-state index is 0.912. The number of para-hydroxylation sites is 6. The monoisotopic (exact) mass is 912 g/mol. The van der Waals surface area contributed by atoms with Gasteiger partial charge < -0.3 is 18.6 Å². The fraction of sp³-hybridized carbons (Fsp3) is 0.129. The van der Waals surface area contributed by atoms with Crippen molar-refractivity contribution in [1.29, 1.82) is 0 Å². The highest BCUT2D eigenvalue weighted by Crippen LogP contribution is 2.51. The highest BCUT2D eigenvalue weighted by molar-refractivity contribution is 7.06. The average Bonchev–Trinajstić information content (AvgIpc) is 4.04. The zero-order valence-corrected chi connectivity index (χ0v) is 41.9. The van der Waals surface area contributed by atoms with E-state index in [1.165, 1.54) is 88.0 Å². The number of hydrogen-bond donors (Lipinski definition) is 0. The van der Waals surface area contributed by atoms with Crippen LogP contribution in [0.5, 0.6) is 0 Å². The topological polar surface area (TPSA) is 32.8 Å². The third kappa shape index (κ3) is 5.59. The van der Waals surface area contributed by atoms with E-state index in [4.69, 9.17) is 8.83 Å². The number of hydrogen-bond acceptors (Lipinski definition) is 4. The number of nitrogens with zero attached hydrogens (tertiary/aromatic N) is 2. The van der Waals surface area contributed by atoms with E-state index in [1.54, 1.807) is 0 Å². The average molecular weight is 913 g/mol. The summed E-state index contributed by atoms with van der Waals surface area (Å²) in [5, 5.41) is 10.3. The van der Waals surface area contributed by atoms with E-state index in [0.717, 1.165) is 55.3 Å². The van der Waals surface area contributed by atoms with Crippen LogP contribution in [0.4, 0.5) is 34.1 Å². The molecule has 2 aliphatic heterocycles. The first-order valence-electron chi connectivity index (χ1n) is 23.9. The summed E-state index contributed by atoms with van der Waals surface area (Å²) in [6, 6.07) is 62.8. The van der Waals surface area contributed by atoms with Gasteiger partial charge in [-0.2, -0.15) is 0 Å². The number of rotatable bonds is 6. The van der Waals surface area contributed by atoms with Crippen LogP contribution in [-0.2, 0) is 0 Å². The van der Waals surface area contributed by atoms with Crippen LogP contribution in [0.3, 0.4) is 0 Å². The van der Waals surface area contributed by atoms with Gasteiger partial charge in [0.15, 0.2) is 0 Å². The molecule has 0 spiro atoms. The minimum Gasteiger partial charge on any atom is -0.455 e. The van der Waals surface area contributed by atoms with Gasteiger partial charge in [-0.25, -0.2) is 0 Å². The Kier molecular flexibility index (Phi) is 8.75. The smallest absolute Gasteiger partial charge is 0.145 e. The first kappa shape index (κ1) is 40.9. The molecule has 0 amide bonds. The Morgan fingerprint density at radius 1 is 0.338 bits per heavy atom. The van der Waals surface area contributed by atoms with Gasteiger partial charge in [-0.05, 0) is 130 Å². The molecule has 13 rings (SSSR count). The van der Waals surface area contributed by atoms with Gasteiger partial charge in [0, 0.05) is 44.6 Å². The predicted molar refractivity (Wildman–Crippen MR) is 294 cm³/mol. The van der Waals surface area contributed by atoms with E-state index in [-0.39, 0.29) is 0 Å². The van der Waals surface area contributed by atoms with E-state index in [0.29, 0.717) is 0 Å². The lowest BCUT2D eigenvalue weighted by Gasteiger charge is -2.30. The Labute approximate surface area is 399 Å². The Hall–Kier alpha value is -7.39. The lowest BCUT2D eigenvalue weighted by molar-refractivity contribution is 0.670. The van der Waals surface area contributed by atoms with Gasteiger partial charge in [0.1, 0.15) is 38.5 Å². The van der Waals surface area contributed by atoms with E-state index in [1.807, 2.05) is 0 Å². The molecule has 4 nitrogen and oxygen atoms in total. The van der Waals surface area contributed by atoms with Crippen molar-refractivity contribution in [2.24, 2.45) is 0 Å². The molecule has 0 aliphatic carbocycles. The van der Waals surface area contributed by atoms with Crippen molar-refractivity contribution in [2.75, 3.05) is 9.80 Å². The van der Waals surface area contributed by atoms with Crippen molar-refractivity contribution in [2.45, 2.75) is 53.9 Å². The largest absolute Gasteiger partial charge is 0.455 e. The summed E-state index contributed by atoms with van der Waals surface area (Å²) in [5.74, 6) is 0. The Morgan fingerprint density at radius 2 is 0.647 bits per heavy atom. The van der Waals surface area contributed by atoms with E-state index >= 15 is 0 Å². The molecule has 6 heteroatoms. The molecule has 0 N–H and O–H groups in total. The zero-order valence-electron chi connectivity index (χ0n) is 39.9. The van der Waals surface area contributed by atoms with Crippen molar-refractivity contribution in [1.82, 2.24) is 0 Å². The quantitative estimate of drug-likeness (QED) is 0.156. The van der Waals surface area contributed by atoms with Gasteiger partial charge in [0.2, 0.25) is 0 Å². The van der Waals surface area contributed by atoms with E-state index in [2.05, 4.69) is 234 Å². The number of furan rings is 2. The summed E-state index contributed by atoms with van der Waals surface area (Å²) in [5.41, 5.74) is 20.9. The van der Waals surface area contributed by atoms with Crippen LogP contribution >= 0.6 is 0 Å². The third-order valence-corrected chi connectivity index (χ3v) is 22.6. The fourth-order valence-electron chi connectivity index (χ4n) is 12.0. The molecule has 9 aromatic carbocycles. The number of benzene rings is 9. The first-order chi connectivity index (χ1) is 32.9. The molecule has 0 radical (unpaired) electrons. The molecule has 11 aromatic rings. The predicted octanol–water partition coefficient (Wildman–Crippen LogP) is 15.3. The summed E-state index contributed by atoms with van der Waals surface area (Å²) >= 11 is 0. The molecule has 0 saturated heterocycles. The van der Waals surface area contributed by atoms with Crippen LogP contribution < -0.4 is 30.5 Å². The lowest BCUT2D eigenvalue weighted by Crippen LogP contribution is -2.51. The van der Waals surface area contributed by atoms with Crippen molar-refractivity contribution in [3.8, 4) is 22.3 Å². The van der Waals surface area contributed by atoms with Crippen molar-refractivity contribution >= 4 is 115 Å². The van der Waals surface area contributed by atoms with E-state index in [9.17, 15) is 0 Å². The highest BCUT2D eigenvalue weighted by atomic mass is 28.3. The van der Waals surface area contributed by atoms with Crippen molar-refractivity contribution < 1.29 is 8.83 Å². The zero-order chi connectivity index (χ0) is 46.4. The Balaban J connectivity index is 1.10. The second-order valence-corrected chi connectivity index (χ2v) is 28.9. The molecule has 0 bridgehead atoms. The number of anilines is 6. The van der Waals surface area contributed by atoms with Crippen molar-refractivity contribution in [3.63, 3.8) is 0 Å². The van der Waals surface area contributed by atoms with Gasteiger partial charge in [-0.3, -0.25) is 0 Å². The second-order valence-electron chi connectivity index (χ2n) is 20.3. The standard InChI is InChI=1S/C62H52N2O2Si2/c1-37-21-9-15-27-45(37)63(46-28-16-10-22-38(46)2)49-35-55-59(61-57(49)41-25-13-19-31-51(41)65-61)43-33-54-44(34-53(43)67(55,5)6)60-56(68(54,7)8)36-50(58-42-26-14-20-32-52(42)66-62(58)60)64(47-29-17-11-23-39(47)3)48-30-18-12-24-40(48)4/h9-36H,1-8H3. The molecule has 2 aromatic heterocycles. The van der Waals surface area contributed by atoms with Crippen LogP contribution in [0.1, 0.15) is 22.3 Å². The maximum absolute atomic E-state index is 7.22. The Bertz CT molecular complexity index is 3600. The molecular weight excluding hydrogens is 861 g/mol. The summed E-state index contributed by atoms with van der Waals surface area (Å²) in [6.07, 6.45) is 0. The number of fused-ring (bicyclic) bond motifs is 14. The van der Waals surface area contributed by atoms with Crippen LogP contribution in [0.2, 0.25) is 26.2 Å². The third-order valence-electron chi connectivity index (χ3n) is 15.6. The van der Waals surface area contributed by atoms with Gasteiger partial charge in [-0.15, -0.1) is 0 Å². The molecule has 0 atom stereocenters. The molecule has 0 unspecified atom stereocenters. The van der Waals surface area contributed by atoms with Crippen LogP contribution in [0, 0.1) is 27.7 Å². The van der Waals surface area contributed by atoms with Crippen LogP contribution in [0.15, 0.2) is 179 Å². The molecule has 330 valence electrons. The molecule has 4 heterocycles. The molecule has 0 fully saturated rings. The van der Waals surface area contributed by atoms with Crippen LogP contribution in [0.25, 0.3) is 66.1 Å². The lowest BCUT2D eigenvalue weighted by atomic mass is 9.95. The fourth-order valence-corrected chi connectivity index (χ4v) is 18.1. The first-order valence-corrected chi connectivity index (χ1v) is 29.9. The van der Waals surface area contributed by atoms with Crippen LogP contribution in [-0.4, -0.2) is 16.1 Å². The second kappa shape index (κ2) is 14.6. The summed E-state index contributed by atoms with van der Waals surface area (Å²) in [7, 11) is -4.81. The summed E-state index contributed by atoms with van der Waals surface area (Å²) < 4.78 is 14.4. The minimum atomic E-state index is -2.40. The normalized spacial score (nSPS) is 14.1. The Morgan fingerprint density at radius 3 is 0.985 bits per heavy atom. The molecule has 2 aliphatic rings.